The van der Waals surface area contributed by atoms with E-state index < -0.39 is 0 Å². The minimum Gasteiger partial charge on any atom is -0.385 e. The zero-order valence-corrected chi connectivity index (χ0v) is 11.3. The smallest absolute Gasteiger partial charge is 0.111 e. The molecule has 0 spiro atoms. The van der Waals surface area contributed by atoms with Gasteiger partial charge in [0.2, 0.25) is 0 Å². The van der Waals surface area contributed by atoms with E-state index in [9.17, 15) is 0 Å². The maximum absolute atomic E-state index is 6.04. The number of halogens is 1. The first-order valence-corrected chi connectivity index (χ1v) is 6.62. The van der Waals surface area contributed by atoms with Gasteiger partial charge in [0, 0.05) is 18.2 Å². The van der Waals surface area contributed by atoms with Crippen molar-refractivity contribution in [2.75, 3.05) is 13.7 Å². The molecule has 16 heavy (non-hydrogen) atoms. The summed E-state index contributed by atoms with van der Waals surface area (Å²) in [4.78, 5) is 4.53. The molecule has 0 amide bonds. The number of benzene rings is 1. The molecule has 1 heterocycles. The first-order valence-electron chi connectivity index (χ1n) is 5.01. The molecule has 0 aliphatic rings. The number of thiazole rings is 1. The van der Waals surface area contributed by atoms with Crippen LogP contribution in [0.25, 0.3) is 10.2 Å². The van der Waals surface area contributed by atoms with E-state index in [1.165, 1.54) is 4.70 Å². The van der Waals surface area contributed by atoms with Crippen LogP contribution in [0.4, 0.5) is 0 Å². The van der Waals surface area contributed by atoms with Crippen LogP contribution in [-0.2, 0) is 4.74 Å². The summed E-state index contributed by atoms with van der Waals surface area (Å²) in [6, 6.07) is 6.06. The Morgan fingerprint density at radius 3 is 3.12 bits per heavy atom. The highest BCUT2D eigenvalue weighted by molar-refractivity contribution is 9.10. The second kappa shape index (κ2) is 5.23. The Morgan fingerprint density at radius 2 is 2.38 bits per heavy atom. The summed E-state index contributed by atoms with van der Waals surface area (Å²) in [6.07, 6.45) is 0.803. The lowest BCUT2D eigenvalue weighted by molar-refractivity contribution is 0.188. The zero-order valence-electron chi connectivity index (χ0n) is 8.94. The highest BCUT2D eigenvalue weighted by Crippen LogP contribution is 2.28. The van der Waals surface area contributed by atoms with Gasteiger partial charge in [-0.15, -0.1) is 11.3 Å². The van der Waals surface area contributed by atoms with Gasteiger partial charge in [-0.1, -0.05) is 15.9 Å². The predicted octanol–water partition coefficient (Wildman–Crippen LogP) is 3.10. The predicted molar refractivity (Wildman–Crippen MR) is 70.7 cm³/mol. The lowest BCUT2D eigenvalue weighted by Gasteiger charge is -2.06. The fourth-order valence-electron chi connectivity index (χ4n) is 1.45. The molecule has 0 radical (unpaired) electrons. The normalized spacial score (nSPS) is 13.2. The number of nitrogens with two attached hydrogens (primary N) is 1. The summed E-state index contributed by atoms with van der Waals surface area (Å²) in [5.41, 5.74) is 7.04. The number of hydrogen-bond acceptors (Lipinski definition) is 4. The molecular formula is C11H13BrN2OS. The van der Waals surface area contributed by atoms with E-state index in [1.807, 2.05) is 12.1 Å². The van der Waals surface area contributed by atoms with Gasteiger partial charge in [-0.2, -0.15) is 0 Å². The summed E-state index contributed by atoms with van der Waals surface area (Å²) in [6.45, 7) is 0.667. The van der Waals surface area contributed by atoms with Crippen LogP contribution in [0.2, 0.25) is 0 Å². The van der Waals surface area contributed by atoms with Crippen LogP contribution in [0, 0.1) is 0 Å². The van der Waals surface area contributed by atoms with Crippen molar-refractivity contribution >= 4 is 37.5 Å². The second-order valence-electron chi connectivity index (χ2n) is 3.55. The van der Waals surface area contributed by atoms with Gasteiger partial charge in [-0.05, 0) is 24.6 Å². The number of rotatable bonds is 4. The largest absolute Gasteiger partial charge is 0.385 e. The van der Waals surface area contributed by atoms with E-state index in [4.69, 9.17) is 10.5 Å². The van der Waals surface area contributed by atoms with Gasteiger partial charge in [0.25, 0.3) is 0 Å². The molecule has 0 aliphatic heterocycles. The summed E-state index contributed by atoms with van der Waals surface area (Å²) in [7, 11) is 1.68. The van der Waals surface area contributed by atoms with E-state index >= 15 is 0 Å². The van der Waals surface area contributed by atoms with Crippen LogP contribution < -0.4 is 5.73 Å². The van der Waals surface area contributed by atoms with E-state index in [-0.39, 0.29) is 6.04 Å². The van der Waals surface area contributed by atoms with Crippen molar-refractivity contribution in [3.63, 3.8) is 0 Å². The number of methoxy groups -OCH3 is 1. The Morgan fingerprint density at radius 1 is 1.56 bits per heavy atom. The van der Waals surface area contributed by atoms with Crippen LogP contribution >= 0.6 is 27.3 Å². The minimum atomic E-state index is -0.0314. The third-order valence-corrected chi connectivity index (χ3v) is 3.98. The molecule has 2 rings (SSSR count). The fourth-order valence-corrected chi connectivity index (χ4v) is 2.78. The van der Waals surface area contributed by atoms with E-state index in [0.29, 0.717) is 6.61 Å². The number of hydrogen-bond donors (Lipinski definition) is 1. The molecule has 1 aromatic heterocycles. The summed E-state index contributed by atoms with van der Waals surface area (Å²) >= 11 is 5.09. The summed E-state index contributed by atoms with van der Waals surface area (Å²) < 4.78 is 7.23. The van der Waals surface area contributed by atoms with Crippen LogP contribution in [-0.4, -0.2) is 18.7 Å². The van der Waals surface area contributed by atoms with Crippen LogP contribution in [0.1, 0.15) is 17.5 Å². The summed E-state index contributed by atoms with van der Waals surface area (Å²) in [5, 5.41) is 0.977. The van der Waals surface area contributed by atoms with Gasteiger partial charge in [0.15, 0.2) is 0 Å². The molecule has 2 aromatic rings. The number of nitrogens with zero attached hydrogens (tertiary/aromatic N) is 1. The molecule has 1 aromatic carbocycles. The number of aromatic nitrogens is 1. The van der Waals surface area contributed by atoms with E-state index in [1.54, 1.807) is 18.4 Å². The Kier molecular flexibility index (Phi) is 3.91. The number of fused-ring (bicyclic) bond motifs is 1. The third kappa shape index (κ3) is 2.60. The van der Waals surface area contributed by atoms with Crippen molar-refractivity contribution < 1.29 is 4.74 Å². The van der Waals surface area contributed by atoms with Crippen LogP contribution in [0.3, 0.4) is 0 Å². The standard InChI is InChI=1S/C11H13BrN2OS/c1-15-5-4-8(13)11-14-9-6-7(12)2-3-10(9)16-11/h2-3,6,8H,4-5,13H2,1H3. The van der Waals surface area contributed by atoms with E-state index in [0.717, 1.165) is 21.4 Å². The monoisotopic (exact) mass is 300 g/mol. The lowest BCUT2D eigenvalue weighted by atomic mass is 10.2. The van der Waals surface area contributed by atoms with Crippen molar-refractivity contribution in [2.24, 2.45) is 5.73 Å². The molecule has 1 unspecified atom stereocenters. The van der Waals surface area contributed by atoms with Gasteiger partial charge in [-0.3, -0.25) is 0 Å². The molecular weight excluding hydrogens is 288 g/mol. The van der Waals surface area contributed by atoms with Gasteiger partial charge < -0.3 is 10.5 Å². The second-order valence-corrected chi connectivity index (χ2v) is 5.53. The van der Waals surface area contributed by atoms with Gasteiger partial charge in [-0.25, -0.2) is 4.98 Å². The Bertz CT molecular complexity index is 486. The summed E-state index contributed by atoms with van der Waals surface area (Å²) in [5.74, 6) is 0. The molecule has 1 atom stereocenters. The lowest BCUT2D eigenvalue weighted by Crippen LogP contribution is -2.12. The maximum Gasteiger partial charge on any atom is 0.111 e. The topological polar surface area (TPSA) is 48.1 Å². The zero-order chi connectivity index (χ0) is 11.5. The van der Waals surface area contributed by atoms with Crippen LogP contribution in [0.5, 0.6) is 0 Å². The van der Waals surface area contributed by atoms with Crippen molar-refractivity contribution in [3.05, 3.63) is 27.7 Å². The number of ether oxygens (including phenoxy) is 1. The first-order chi connectivity index (χ1) is 7.70. The van der Waals surface area contributed by atoms with Crippen molar-refractivity contribution in [1.29, 1.82) is 0 Å². The molecule has 5 heteroatoms. The quantitative estimate of drug-likeness (QED) is 0.944. The first kappa shape index (κ1) is 12.0. The highest BCUT2D eigenvalue weighted by Gasteiger charge is 2.11. The average Bonchev–Trinajstić information content (AvgIpc) is 2.68. The molecule has 0 saturated heterocycles. The highest BCUT2D eigenvalue weighted by atomic mass is 79.9. The van der Waals surface area contributed by atoms with Gasteiger partial charge in [0.1, 0.15) is 5.01 Å². The van der Waals surface area contributed by atoms with E-state index in [2.05, 4.69) is 27.0 Å². The van der Waals surface area contributed by atoms with Crippen molar-refractivity contribution in [3.8, 4) is 0 Å². The van der Waals surface area contributed by atoms with Crippen LogP contribution in [0.15, 0.2) is 22.7 Å². The molecule has 0 fully saturated rings. The van der Waals surface area contributed by atoms with Crippen molar-refractivity contribution in [2.45, 2.75) is 12.5 Å². The Balaban J connectivity index is 2.25. The molecule has 3 nitrogen and oxygen atoms in total. The molecule has 2 N–H and O–H groups in total. The van der Waals surface area contributed by atoms with Gasteiger partial charge in [0.05, 0.1) is 16.3 Å². The van der Waals surface area contributed by atoms with Gasteiger partial charge >= 0.3 is 0 Å². The third-order valence-electron chi connectivity index (χ3n) is 2.32. The Labute approximate surface area is 107 Å². The molecule has 86 valence electrons. The minimum absolute atomic E-state index is 0.0314. The Hall–Kier alpha value is -0.490. The SMILES string of the molecule is COCCC(N)c1nc2cc(Br)ccc2s1. The maximum atomic E-state index is 6.04. The molecule has 0 bridgehead atoms. The fraction of sp³-hybridized carbons (Fsp3) is 0.364. The molecule has 0 saturated carbocycles. The molecule has 0 aliphatic carbocycles. The van der Waals surface area contributed by atoms with Crippen molar-refractivity contribution in [1.82, 2.24) is 4.98 Å². The average molecular weight is 301 g/mol.